The van der Waals surface area contributed by atoms with Crippen LogP contribution in [0.1, 0.15) is 31.9 Å². The Hall–Kier alpha value is -1.34. The van der Waals surface area contributed by atoms with Gasteiger partial charge in [-0.1, -0.05) is 56.3 Å². The topological polar surface area (TPSA) is 12.0 Å². The maximum Gasteiger partial charge on any atom is 0.0323 e. The lowest BCUT2D eigenvalue weighted by Gasteiger charge is -2.18. The fourth-order valence-electron chi connectivity index (χ4n) is 2.27. The molecular weight excluding hydrogens is 194 g/mol. The van der Waals surface area contributed by atoms with E-state index in [9.17, 15) is 0 Å². The molecule has 2 rings (SSSR count). The Balaban J connectivity index is 2.50. The number of benzene rings is 2. The Morgan fingerprint density at radius 2 is 1.75 bits per heavy atom. The van der Waals surface area contributed by atoms with Crippen LogP contribution in [0.3, 0.4) is 0 Å². The van der Waals surface area contributed by atoms with Crippen LogP contribution in [0.5, 0.6) is 0 Å². The monoisotopic (exact) mass is 213 g/mol. The van der Waals surface area contributed by atoms with E-state index in [0.717, 1.165) is 13.0 Å². The lowest BCUT2D eigenvalue weighted by atomic mass is 9.97. The van der Waals surface area contributed by atoms with Gasteiger partial charge in [0.2, 0.25) is 0 Å². The van der Waals surface area contributed by atoms with Crippen LogP contribution in [0, 0.1) is 0 Å². The van der Waals surface area contributed by atoms with Crippen molar-refractivity contribution in [2.24, 2.45) is 0 Å². The summed E-state index contributed by atoms with van der Waals surface area (Å²) >= 11 is 0. The molecule has 84 valence electrons. The van der Waals surface area contributed by atoms with Crippen molar-refractivity contribution in [3.63, 3.8) is 0 Å². The lowest BCUT2D eigenvalue weighted by molar-refractivity contribution is 0.541. The maximum absolute atomic E-state index is 3.54. The number of rotatable bonds is 4. The summed E-state index contributed by atoms with van der Waals surface area (Å²) in [6.45, 7) is 5.41. The van der Waals surface area contributed by atoms with Crippen LogP contribution in [-0.2, 0) is 0 Å². The summed E-state index contributed by atoms with van der Waals surface area (Å²) in [6.07, 6.45) is 1.13. The molecular formula is C15H19N. The average molecular weight is 213 g/mol. The van der Waals surface area contributed by atoms with Crippen molar-refractivity contribution in [3.05, 3.63) is 48.0 Å². The Morgan fingerprint density at radius 3 is 2.50 bits per heavy atom. The predicted molar refractivity (Wildman–Crippen MR) is 70.7 cm³/mol. The fraction of sp³-hybridized carbons (Fsp3) is 0.333. The van der Waals surface area contributed by atoms with Gasteiger partial charge in [0, 0.05) is 6.04 Å². The second kappa shape index (κ2) is 5.13. The highest BCUT2D eigenvalue weighted by atomic mass is 14.9. The van der Waals surface area contributed by atoms with E-state index in [4.69, 9.17) is 0 Å². The first-order valence-electron chi connectivity index (χ1n) is 6.07. The van der Waals surface area contributed by atoms with Crippen molar-refractivity contribution >= 4 is 10.8 Å². The van der Waals surface area contributed by atoms with Crippen molar-refractivity contribution in [3.8, 4) is 0 Å². The molecule has 16 heavy (non-hydrogen) atoms. The third-order valence-electron chi connectivity index (χ3n) is 3.06. The van der Waals surface area contributed by atoms with E-state index in [1.54, 1.807) is 0 Å². The summed E-state index contributed by atoms with van der Waals surface area (Å²) in [4.78, 5) is 0. The van der Waals surface area contributed by atoms with E-state index in [1.807, 2.05) is 0 Å². The molecule has 0 spiro atoms. The van der Waals surface area contributed by atoms with Crippen molar-refractivity contribution in [1.82, 2.24) is 5.32 Å². The molecule has 2 aromatic rings. The van der Waals surface area contributed by atoms with Crippen molar-refractivity contribution in [2.75, 3.05) is 6.54 Å². The van der Waals surface area contributed by atoms with Gasteiger partial charge in [-0.3, -0.25) is 0 Å². The zero-order valence-corrected chi connectivity index (χ0v) is 10.0. The molecule has 0 aliphatic heterocycles. The molecule has 2 aromatic carbocycles. The smallest absolute Gasteiger partial charge is 0.0323 e. The molecule has 1 heteroatoms. The average Bonchev–Trinajstić information content (AvgIpc) is 2.35. The van der Waals surface area contributed by atoms with Crippen LogP contribution in [-0.4, -0.2) is 6.54 Å². The van der Waals surface area contributed by atoms with Gasteiger partial charge < -0.3 is 5.32 Å². The SMILES string of the molecule is CCNC(CC)c1cccc2ccccc12. The predicted octanol–water partition coefficient (Wildman–Crippen LogP) is 3.90. The molecule has 0 fully saturated rings. The first-order valence-corrected chi connectivity index (χ1v) is 6.07. The highest BCUT2D eigenvalue weighted by Gasteiger charge is 2.10. The van der Waals surface area contributed by atoms with Gasteiger partial charge in [-0.2, -0.15) is 0 Å². The first kappa shape index (κ1) is 11.2. The van der Waals surface area contributed by atoms with Gasteiger partial charge in [0.15, 0.2) is 0 Å². The van der Waals surface area contributed by atoms with Crippen LogP contribution >= 0.6 is 0 Å². The molecule has 0 saturated carbocycles. The minimum atomic E-state index is 0.469. The Labute approximate surface area is 97.5 Å². The molecule has 0 heterocycles. The second-order valence-electron chi connectivity index (χ2n) is 4.09. The molecule has 0 aliphatic rings. The third kappa shape index (κ3) is 2.10. The highest BCUT2D eigenvalue weighted by Crippen LogP contribution is 2.25. The van der Waals surface area contributed by atoms with Gasteiger partial charge in [-0.15, -0.1) is 0 Å². The summed E-state index contributed by atoms with van der Waals surface area (Å²) in [5, 5.41) is 6.24. The molecule has 1 N–H and O–H groups in total. The van der Waals surface area contributed by atoms with E-state index in [2.05, 4.69) is 61.6 Å². The van der Waals surface area contributed by atoms with Gasteiger partial charge in [-0.25, -0.2) is 0 Å². The van der Waals surface area contributed by atoms with Gasteiger partial charge in [0.05, 0.1) is 0 Å². The first-order chi connectivity index (χ1) is 7.86. The van der Waals surface area contributed by atoms with Gasteiger partial charge >= 0.3 is 0 Å². The van der Waals surface area contributed by atoms with Crippen LogP contribution < -0.4 is 5.32 Å². The second-order valence-corrected chi connectivity index (χ2v) is 4.09. The van der Waals surface area contributed by atoms with E-state index in [1.165, 1.54) is 16.3 Å². The van der Waals surface area contributed by atoms with Crippen LogP contribution in [0.4, 0.5) is 0 Å². The van der Waals surface area contributed by atoms with Crippen LogP contribution in [0.25, 0.3) is 10.8 Å². The summed E-state index contributed by atoms with van der Waals surface area (Å²) in [5.74, 6) is 0. The van der Waals surface area contributed by atoms with E-state index in [-0.39, 0.29) is 0 Å². The van der Waals surface area contributed by atoms with E-state index >= 15 is 0 Å². The molecule has 1 atom stereocenters. The maximum atomic E-state index is 3.54. The summed E-state index contributed by atoms with van der Waals surface area (Å²) < 4.78 is 0. The van der Waals surface area contributed by atoms with Gasteiger partial charge in [-0.05, 0) is 29.3 Å². The Kier molecular flexibility index (Phi) is 3.58. The molecule has 0 aromatic heterocycles. The lowest BCUT2D eigenvalue weighted by Crippen LogP contribution is -2.20. The molecule has 0 radical (unpaired) electrons. The summed E-state index contributed by atoms with van der Waals surface area (Å²) in [7, 11) is 0. The number of nitrogens with one attached hydrogen (secondary N) is 1. The molecule has 0 aliphatic carbocycles. The Morgan fingerprint density at radius 1 is 1.00 bits per heavy atom. The number of hydrogen-bond donors (Lipinski definition) is 1. The van der Waals surface area contributed by atoms with E-state index in [0.29, 0.717) is 6.04 Å². The molecule has 0 amide bonds. The third-order valence-corrected chi connectivity index (χ3v) is 3.06. The summed E-state index contributed by atoms with van der Waals surface area (Å²) in [5.41, 5.74) is 1.42. The Bertz CT molecular complexity index is 456. The minimum absolute atomic E-state index is 0.469. The van der Waals surface area contributed by atoms with Crippen LogP contribution in [0.2, 0.25) is 0 Å². The van der Waals surface area contributed by atoms with Crippen molar-refractivity contribution in [1.29, 1.82) is 0 Å². The number of fused-ring (bicyclic) bond motifs is 1. The normalized spacial score (nSPS) is 12.9. The molecule has 1 unspecified atom stereocenters. The zero-order valence-electron chi connectivity index (χ0n) is 10.0. The van der Waals surface area contributed by atoms with Crippen LogP contribution in [0.15, 0.2) is 42.5 Å². The highest BCUT2D eigenvalue weighted by molar-refractivity contribution is 5.86. The van der Waals surface area contributed by atoms with Crippen molar-refractivity contribution in [2.45, 2.75) is 26.3 Å². The number of hydrogen-bond acceptors (Lipinski definition) is 1. The standard InChI is InChI=1S/C15H19N/c1-3-15(16-4-2)14-11-7-9-12-8-5-6-10-13(12)14/h5-11,15-16H,3-4H2,1-2H3. The summed E-state index contributed by atoms with van der Waals surface area (Å²) in [6, 6.07) is 15.6. The molecule has 0 bridgehead atoms. The van der Waals surface area contributed by atoms with Gasteiger partial charge in [0.25, 0.3) is 0 Å². The molecule has 1 nitrogen and oxygen atoms in total. The van der Waals surface area contributed by atoms with Gasteiger partial charge in [0.1, 0.15) is 0 Å². The fourth-order valence-corrected chi connectivity index (χ4v) is 2.27. The minimum Gasteiger partial charge on any atom is -0.310 e. The van der Waals surface area contributed by atoms with E-state index < -0.39 is 0 Å². The van der Waals surface area contributed by atoms with Crippen molar-refractivity contribution < 1.29 is 0 Å². The zero-order chi connectivity index (χ0) is 11.4. The molecule has 0 saturated heterocycles. The largest absolute Gasteiger partial charge is 0.310 e. The quantitative estimate of drug-likeness (QED) is 0.812.